The molecule has 10 nitrogen and oxygen atoms in total. The van der Waals surface area contributed by atoms with Gasteiger partial charge in [0.05, 0.1) is 8.35 Å². The largest absolute Gasteiger partial charge is 0.613 e. The van der Waals surface area contributed by atoms with Crippen LogP contribution in [0, 0.1) is 65.7 Å². The van der Waals surface area contributed by atoms with E-state index in [1.807, 2.05) is 32.6 Å². The molecule has 0 radical (unpaired) electrons. The van der Waals surface area contributed by atoms with E-state index in [9.17, 15) is 30.6 Å². The van der Waals surface area contributed by atoms with E-state index in [-0.39, 0.29) is 39.7 Å². The normalized spacial score (nSPS) is 11.1. The second-order valence-corrected chi connectivity index (χ2v) is 13.6. The summed E-state index contributed by atoms with van der Waals surface area (Å²) in [6.07, 6.45) is 2.56. The number of nitrogens with zero attached hydrogens (tertiary/aromatic N) is 2. The fourth-order valence-electron chi connectivity index (χ4n) is 2.52. The first kappa shape index (κ1) is 47.2. The molecule has 0 rings (SSSR count). The number of hydrogen-bond donors (Lipinski definition) is 1. The minimum Gasteiger partial charge on any atom is -0.613 e. The molecule has 0 bridgehead atoms. The van der Waals surface area contributed by atoms with Crippen LogP contribution in [0.3, 0.4) is 0 Å². The second kappa shape index (κ2) is 33.0. The van der Waals surface area contributed by atoms with Gasteiger partial charge in [0.2, 0.25) is 6.54 Å². The second-order valence-electron chi connectivity index (χ2n) is 7.48. The molecule has 0 amide bonds. The third-order valence-electron chi connectivity index (χ3n) is 3.26. The SMILES string of the molecule is CC(C)C[C@@H](CC(=O)O)C[N+](=O)[O-].CC(C)C[C@H](C=[N+]([O-])[O-])C[CH-][OH+][O-].CC(I)I.CI.[CH3+].[CH3+]. The van der Waals surface area contributed by atoms with Gasteiger partial charge in [-0.1, -0.05) is 102 Å². The summed E-state index contributed by atoms with van der Waals surface area (Å²) in [6, 6.07) is 0. The smallest absolute Gasteiger partial charge is 0.303 e. The molecule has 0 unspecified atom stereocenters. The van der Waals surface area contributed by atoms with Crippen LogP contribution in [-0.2, 0) is 4.79 Å². The maximum Gasteiger partial charge on any atom is 0.303 e. The molecule has 34 heavy (non-hydrogen) atoms. The summed E-state index contributed by atoms with van der Waals surface area (Å²) in [6.45, 7) is 10.9. The number of rotatable bonds is 12. The van der Waals surface area contributed by atoms with Gasteiger partial charge in [0.1, 0.15) is 0 Å². The average molecular weight is 832 g/mol. The van der Waals surface area contributed by atoms with Crippen LogP contribution in [0.15, 0.2) is 0 Å². The fraction of sp³-hybridized carbons (Fsp3) is 0.762. The van der Waals surface area contributed by atoms with Crippen LogP contribution in [0.2, 0.25) is 0 Å². The number of aliphatic hydroxyl groups is 1. The van der Waals surface area contributed by atoms with Crippen LogP contribution < -0.4 is 5.26 Å². The highest BCUT2D eigenvalue weighted by molar-refractivity contribution is 14.2. The summed E-state index contributed by atoms with van der Waals surface area (Å²) in [4.78, 5) is 24.2. The lowest BCUT2D eigenvalue weighted by molar-refractivity contribution is -0.762. The standard InChI is InChI=1S/2C8H15NO4.C2H4I2.CH3I.2CH3/c1-6(2)3-7(4-8(10)11)5-9(12)13;1-7(2)5-8(3-4-13-12)6-9(10)11;1-2(3)4;1-2;;/h6-7H,3-5H2,1-2H3,(H,10,11);4,6-8,13H,3,5H2,1-2H3;2H,1H3;1H3;2*1H3/q;-2;;;2*+1/t7-;8-;;;;/m01..../s1. The van der Waals surface area contributed by atoms with Gasteiger partial charge in [0.15, 0.2) is 6.21 Å². The number of carbonyl (C=O) groups is 1. The molecule has 0 saturated carbocycles. The van der Waals surface area contributed by atoms with Gasteiger partial charge in [0, 0.05) is 31.6 Å². The van der Waals surface area contributed by atoms with E-state index in [1.54, 1.807) is 0 Å². The number of nitro groups is 1. The van der Waals surface area contributed by atoms with Crippen LogP contribution in [0.4, 0.5) is 0 Å². The zero-order chi connectivity index (χ0) is 26.3. The molecule has 0 fully saturated rings. The first-order chi connectivity index (χ1) is 14.7. The Morgan fingerprint density at radius 3 is 1.71 bits per heavy atom. The summed E-state index contributed by atoms with van der Waals surface area (Å²) < 4.78 is 0.773. The van der Waals surface area contributed by atoms with Crippen LogP contribution >= 0.6 is 67.8 Å². The third-order valence-corrected chi connectivity index (χ3v) is 3.26. The van der Waals surface area contributed by atoms with Crippen molar-refractivity contribution in [2.45, 2.75) is 62.2 Å². The maximum absolute atomic E-state index is 10.4. The van der Waals surface area contributed by atoms with E-state index in [0.29, 0.717) is 31.1 Å². The third kappa shape index (κ3) is 53.4. The number of carboxylic acids is 1. The Morgan fingerprint density at radius 1 is 1.03 bits per heavy atom. The molecule has 0 aliphatic rings. The van der Waals surface area contributed by atoms with Gasteiger partial charge in [-0.05, 0) is 43.1 Å². The molecule has 0 saturated heterocycles. The lowest BCUT2D eigenvalue weighted by Crippen LogP contribution is -2.19. The molecule has 2 N–H and O–H groups in total. The predicted molar refractivity (Wildman–Crippen MR) is 165 cm³/mol. The van der Waals surface area contributed by atoms with Gasteiger partial charge in [0.25, 0.3) is 0 Å². The molecule has 2 atom stereocenters. The number of alkyl halides is 3. The Kier molecular flexibility index (Phi) is 45.8. The van der Waals surface area contributed by atoms with Gasteiger partial charge >= 0.3 is 5.97 Å². The maximum atomic E-state index is 10.4. The van der Waals surface area contributed by atoms with Crippen molar-refractivity contribution >= 4 is 80.0 Å². The molecule has 0 heterocycles. The summed E-state index contributed by atoms with van der Waals surface area (Å²) >= 11 is 6.81. The Morgan fingerprint density at radius 2 is 1.44 bits per heavy atom. The Bertz CT molecular complexity index is 460. The zero-order valence-electron chi connectivity index (χ0n) is 21.4. The Labute approximate surface area is 247 Å². The van der Waals surface area contributed by atoms with Crippen LogP contribution in [-0.4, -0.2) is 45.4 Å². The molecule has 206 valence electrons. The molecule has 13 heteroatoms. The number of halogens is 3. The number of hydrogen-bond acceptors (Lipinski definition) is 6. The van der Waals surface area contributed by atoms with E-state index in [0.717, 1.165) is 8.15 Å². The lowest BCUT2D eigenvalue weighted by atomic mass is 9.94. The van der Waals surface area contributed by atoms with E-state index < -0.39 is 15.8 Å². The van der Waals surface area contributed by atoms with Gasteiger partial charge < -0.3 is 25.7 Å². The molecular formula is C21H43I3N2O8. The monoisotopic (exact) mass is 832 g/mol. The summed E-state index contributed by atoms with van der Waals surface area (Å²) in [5.41, 5.74) is 0. The molecule has 0 spiro atoms. The van der Waals surface area contributed by atoms with Gasteiger partial charge in [-0.25, -0.2) is 0 Å². The van der Waals surface area contributed by atoms with Crippen molar-refractivity contribution in [2.75, 3.05) is 11.5 Å². The summed E-state index contributed by atoms with van der Waals surface area (Å²) in [5, 5.41) is 48.8. The predicted octanol–water partition coefficient (Wildman–Crippen LogP) is 6.20. The van der Waals surface area contributed by atoms with Crippen LogP contribution in [0.1, 0.15) is 60.3 Å². The lowest BCUT2D eigenvalue weighted by Gasteiger charge is -2.18. The van der Waals surface area contributed by atoms with E-state index in [4.69, 9.17) is 5.11 Å². The van der Waals surface area contributed by atoms with E-state index in [1.165, 1.54) is 6.61 Å². The molecule has 0 aromatic rings. The van der Waals surface area contributed by atoms with Crippen molar-refractivity contribution in [3.05, 3.63) is 42.0 Å². The van der Waals surface area contributed by atoms with Crippen molar-refractivity contribution in [2.24, 2.45) is 23.7 Å². The molecule has 0 aromatic carbocycles. The average Bonchev–Trinajstić information content (AvgIpc) is 2.58. The molecular weight excluding hydrogens is 789 g/mol. The first-order valence-corrected chi connectivity index (χ1v) is 14.5. The molecule has 0 aliphatic heterocycles. The van der Waals surface area contributed by atoms with E-state index >= 15 is 0 Å². The molecule has 0 aliphatic carbocycles. The summed E-state index contributed by atoms with van der Waals surface area (Å²) in [5.74, 6) is -0.821. The highest BCUT2D eigenvalue weighted by Crippen LogP contribution is 2.16. The minimum absolute atomic E-state index is 0. The summed E-state index contributed by atoms with van der Waals surface area (Å²) in [7, 11) is 0. The van der Waals surface area contributed by atoms with Crippen LogP contribution in [0.25, 0.3) is 0 Å². The van der Waals surface area contributed by atoms with Gasteiger partial charge in [-0.2, -0.15) is 4.90 Å². The Hall–Kier alpha value is -0.01000. The van der Waals surface area contributed by atoms with Crippen molar-refractivity contribution in [3.8, 4) is 0 Å². The first-order valence-electron chi connectivity index (χ1n) is 9.83. The molecule has 0 aromatic heterocycles. The van der Waals surface area contributed by atoms with Crippen molar-refractivity contribution < 1.29 is 29.9 Å². The highest BCUT2D eigenvalue weighted by atomic mass is 127. The van der Waals surface area contributed by atoms with Gasteiger partial charge in [-0.15, -0.1) is 0 Å². The zero-order valence-corrected chi connectivity index (χ0v) is 27.9. The van der Waals surface area contributed by atoms with E-state index in [2.05, 4.69) is 79.6 Å². The van der Waals surface area contributed by atoms with Crippen LogP contribution in [0.5, 0.6) is 0 Å². The topological polar surface area (TPSA) is 165 Å². The fourth-order valence-corrected chi connectivity index (χ4v) is 2.52. The van der Waals surface area contributed by atoms with Crippen molar-refractivity contribution in [3.63, 3.8) is 0 Å². The number of carboxylic acid groups (broad SMARTS) is 1. The Balaban J connectivity index is -0.0000000892. The highest BCUT2D eigenvalue weighted by Gasteiger charge is 2.19. The van der Waals surface area contributed by atoms with Crippen molar-refractivity contribution in [1.82, 2.24) is 0 Å². The quantitative estimate of drug-likeness (QED) is 0.0282. The van der Waals surface area contributed by atoms with Gasteiger partial charge in [-0.3, -0.25) is 14.9 Å². The number of aliphatic carboxylic acids is 1. The minimum atomic E-state index is -0.965. The van der Waals surface area contributed by atoms with Crippen molar-refractivity contribution in [1.29, 1.82) is 0 Å².